The van der Waals surface area contributed by atoms with Crippen LogP contribution in [0.1, 0.15) is 33.1 Å². The molecule has 0 radical (unpaired) electrons. The lowest BCUT2D eigenvalue weighted by molar-refractivity contribution is -0.0862. The maximum Gasteiger partial charge on any atom is 0.143 e. The molecule has 0 amide bonds. The largest absolute Gasteiger partial charge is 0.390 e. The van der Waals surface area contributed by atoms with Gasteiger partial charge in [-0.25, -0.2) is 5.43 Å². The van der Waals surface area contributed by atoms with Crippen LogP contribution in [0, 0.1) is 0 Å². The Hall–Kier alpha value is -1.26. The van der Waals surface area contributed by atoms with Gasteiger partial charge in [-0.05, 0) is 44.8 Å². The molecule has 2 unspecified atom stereocenters. The molecule has 0 aliphatic carbocycles. The van der Waals surface area contributed by atoms with Crippen molar-refractivity contribution in [1.82, 2.24) is 15.8 Å². The van der Waals surface area contributed by atoms with Gasteiger partial charge >= 0.3 is 0 Å². The number of hydrazine groups is 1. The number of nitrogens with one attached hydrogen (secondary N) is 2. The van der Waals surface area contributed by atoms with Crippen LogP contribution in [-0.2, 0) is 4.74 Å². The summed E-state index contributed by atoms with van der Waals surface area (Å²) in [6, 6.07) is 0. The molecule has 106 valence electrons. The standard InChI is InChI=1S/C15H25N3O/c1-5-8-13(16-4)15(3)12(2)11-18(17-15)14-9-6-7-10-19-14/h5,8,11,14,16-17H,1,6-7,9-10H2,2-4H3/b13-8-. The van der Waals surface area contributed by atoms with Crippen LogP contribution in [0.2, 0.25) is 0 Å². The lowest BCUT2D eigenvalue weighted by Crippen LogP contribution is -2.53. The van der Waals surface area contributed by atoms with E-state index >= 15 is 0 Å². The SMILES string of the molecule is C=C/C=C(\NC)C1(C)NN(C2CCCCO2)C=C1C. The second kappa shape index (κ2) is 5.80. The summed E-state index contributed by atoms with van der Waals surface area (Å²) in [5.74, 6) is 0. The van der Waals surface area contributed by atoms with Gasteiger partial charge in [0.2, 0.25) is 0 Å². The summed E-state index contributed by atoms with van der Waals surface area (Å²) in [6.07, 6.45) is 9.60. The summed E-state index contributed by atoms with van der Waals surface area (Å²) in [6.45, 7) is 8.95. The van der Waals surface area contributed by atoms with Gasteiger partial charge in [-0.15, -0.1) is 0 Å². The smallest absolute Gasteiger partial charge is 0.143 e. The first kappa shape index (κ1) is 14.2. The van der Waals surface area contributed by atoms with Crippen molar-refractivity contribution < 1.29 is 4.74 Å². The van der Waals surface area contributed by atoms with Crippen molar-refractivity contribution >= 4 is 0 Å². The molecule has 2 aliphatic heterocycles. The second-order valence-corrected chi connectivity index (χ2v) is 5.34. The second-order valence-electron chi connectivity index (χ2n) is 5.34. The van der Waals surface area contributed by atoms with E-state index in [4.69, 9.17) is 4.74 Å². The third-order valence-corrected chi connectivity index (χ3v) is 4.03. The summed E-state index contributed by atoms with van der Waals surface area (Å²) >= 11 is 0. The van der Waals surface area contributed by atoms with Gasteiger partial charge in [-0.3, -0.25) is 5.01 Å². The van der Waals surface area contributed by atoms with Crippen LogP contribution in [0.3, 0.4) is 0 Å². The van der Waals surface area contributed by atoms with Gasteiger partial charge in [0, 0.05) is 25.6 Å². The Morgan fingerprint density at radius 3 is 3.00 bits per heavy atom. The van der Waals surface area contributed by atoms with E-state index in [1.165, 1.54) is 18.4 Å². The molecule has 2 N–H and O–H groups in total. The van der Waals surface area contributed by atoms with Crippen molar-refractivity contribution in [2.45, 2.75) is 44.9 Å². The van der Waals surface area contributed by atoms with Crippen LogP contribution in [-0.4, -0.2) is 30.4 Å². The number of hydrogen-bond donors (Lipinski definition) is 2. The first-order valence-corrected chi connectivity index (χ1v) is 6.99. The highest BCUT2D eigenvalue weighted by Crippen LogP contribution is 2.31. The number of likely N-dealkylation sites (N-methyl/N-ethyl adjacent to an activating group) is 1. The Balaban J connectivity index is 2.15. The Morgan fingerprint density at radius 2 is 2.42 bits per heavy atom. The predicted octanol–water partition coefficient (Wildman–Crippen LogP) is 2.29. The third kappa shape index (κ3) is 2.69. The fourth-order valence-corrected chi connectivity index (χ4v) is 2.71. The van der Waals surface area contributed by atoms with Gasteiger partial charge in [0.1, 0.15) is 6.23 Å². The number of nitrogens with zero attached hydrogens (tertiary/aromatic N) is 1. The molecule has 4 nitrogen and oxygen atoms in total. The van der Waals surface area contributed by atoms with Gasteiger partial charge in [0.05, 0.1) is 5.54 Å². The third-order valence-electron chi connectivity index (χ3n) is 4.03. The van der Waals surface area contributed by atoms with E-state index in [9.17, 15) is 0 Å². The molecule has 0 aromatic heterocycles. The van der Waals surface area contributed by atoms with Crippen LogP contribution in [0.15, 0.2) is 36.2 Å². The first-order valence-electron chi connectivity index (χ1n) is 6.99. The average molecular weight is 263 g/mol. The molecular formula is C15H25N3O. The van der Waals surface area contributed by atoms with E-state index in [1.807, 2.05) is 19.2 Å². The minimum Gasteiger partial charge on any atom is -0.390 e. The summed E-state index contributed by atoms with van der Waals surface area (Å²) in [5.41, 5.74) is 5.72. The van der Waals surface area contributed by atoms with Crippen molar-refractivity contribution in [3.05, 3.63) is 36.2 Å². The Morgan fingerprint density at radius 1 is 1.63 bits per heavy atom. The quantitative estimate of drug-likeness (QED) is 0.763. The number of rotatable bonds is 4. The van der Waals surface area contributed by atoms with E-state index in [2.05, 4.69) is 42.4 Å². The summed E-state index contributed by atoms with van der Waals surface area (Å²) < 4.78 is 5.84. The van der Waals surface area contributed by atoms with Gasteiger partial charge in [-0.2, -0.15) is 0 Å². The minimum atomic E-state index is -0.219. The van der Waals surface area contributed by atoms with Gasteiger partial charge in [0.25, 0.3) is 0 Å². The van der Waals surface area contributed by atoms with Crippen molar-refractivity contribution in [2.75, 3.05) is 13.7 Å². The molecule has 2 atom stereocenters. The fraction of sp³-hybridized carbons (Fsp3) is 0.600. The number of ether oxygens (including phenoxy) is 1. The van der Waals surface area contributed by atoms with E-state index < -0.39 is 0 Å². The summed E-state index contributed by atoms with van der Waals surface area (Å²) in [4.78, 5) is 0. The topological polar surface area (TPSA) is 36.5 Å². The maximum atomic E-state index is 5.84. The first-order chi connectivity index (χ1) is 9.11. The van der Waals surface area contributed by atoms with Gasteiger partial charge in [-0.1, -0.05) is 12.7 Å². The fourth-order valence-electron chi connectivity index (χ4n) is 2.71. The van der Waals surface area contributed by atoms with Gasteiger partial charge in [0.15, 0.2) is 0 Å². The van der Waals surface area contributed by atoms with Crippen LogP contribution >= 0.6 is 0 Å². The monoisotopic (exact) mass is 263 g/mol. The van der Waals surface area contributed by atoms with E-state index in [-0.39, 0.29) is 11.8 Å². The average Bonchev–Trinajstić information content (AvgIpc) is 2.74. The van der Waals surface area contributed by atoms with Crippen molar-refractivity contribution in [3.63, 3.8) is 0 Å². The molecule has 19 heavy (non-hydrogen) atoms. The van der Waals surface area contributed by atoms with E-state index in [1.54, 1.807) is 0 Å². The molecule has 4 heteroatoms. The van der Waals surface area contributed by atoms with Crippen molar-refractivity contribution in [1.29, 1.82) is 0 Å². The van der Waals surface area contributed by atoms with Crippen molar-refractivity contribution in [3.8, 4) is 0 Å². The lowest BCUT2D eigenvalue weighted by atomic mass is 9.91. The maximum absolute atomic E-state index is 5.84. The molecular weight excluding hydrogens is 238 g/mol. The van der Waals surface area contributed by atoms with E-state index in [0.717, 1.165) is 18.7 Å². The molecule has 0 aromatic rings. The highest BCUT2D eigenvalue weighted by molar-refractivity contribution is 5.36. The predicted molar refractivity (Wildman–Crippen MR) is 78.1 cm³/mol. The van der Waals surface area contributed by atoms with Crippen LogP contribution in [0.25, 0.3) is 0 Å². The van der Waals surface area contributed by atoms with Crippen molar-refractivity contribution in [2.24, 2.45) is 0 Å². The highest BCUT2D eigenvalue weighted by Gasteiger charge is 2.39. The molecule has 0 spiro atoms. The normalized spacial score (nSPS) is 32.2. The zero-order chi connectivity index (χ0) is 13.9. The Bertz CT molecular complexity index is 396. The Labute approximate surface area is 116 Å². The lowest BCUT2D eigenvalue weighted by Gasteiger charge is -2.36. The molecule has 0 bridgehead atoms. The minimum absolute atomic E-state index is 0.146. The van der Waals surface area contributed by atoms with Crippen LogP contribution in [0.5, 0.6) is 0 Å². The molecule has 2 heterocycles. The van der Waals surface area contributed by atoms with Crippen LogP contribution < -0.4 is 10.7 Å². The summed E-state index contributed by atoms with van der Waals surface area (Å²) in [5, 5.41) is 5.37. The zero-order valence-electron chi connectivity index (χ0n) is 12.2. The van der Waals surface area contributed by atoms with Gasteiger partial charge < -0.3 is 10.1 Å². The zero-order valence-corrected chi connectivity index (χ0v) is 12.2. The molecule has 0 saturated carbocycles. The van der Waals surface area contributed by atoms with Crippen LogP contribution in [0.4, 0.5) is 0 Å². The molecule has 2 aliphatic rings. The summed E-state index contributed by atoms with van der Waals surface area (Å²) in [7, 11) is 1.94. The number of hydrogen-bond acceptors (Lipinski definition) is 4. The molecule has 1 saturated heterocycles. The number of allylic oxidation sites excluding steroid dienone is 2. The molecule has 0 aromatic carbocycles. The molecule has 1 fully saturated rings. The highest BCUT2D eigenvalue weighted by atomic mass is 16.5. The Kier molecular flexibility index (Phi) is 4.32. The molecule has 2 rings (SSSR count). The van der Waals surface area contributed by atoms with E-state index in [0.29, 0.717) is 0 Å².